The van der Waals surface area contributed by atoms with Gasteiger partial charge >= 0.3 is 30.9 Å². The fraction of sp³-hybridized carbons (Fsp3) is 0.824. The van der Waals surface area contributed by atoms with Crippen molar-refractivity contribution < 1.29 is 51.2 Å². The first-order chi connectivity index (χ1) is 14.3. The van der Waals surface area contributed by atoms with Crippen molar-refractivity contribution in [3.63, 3.8) is 0 Å². The zero-order valence-corrected chi connectivity index (χ0v) is 20.8. The molecule has 0 saturated heterocycles. The van der Waals surface area contributed by atoms with E-state index in [0.29, 0.717) is 5.75 Å². The summed E-state index contributed by atoms with van der Waals surface area (Å²) in [5.74, 6) is -2.93. The molecule has 0 unspecified atom stereocenters. The number of rotatable bonds is 10. The van der Waals surface area contributed by atoms with E-state index in [9.17, 15) is 27.3 Å². The van der Waals surface area contributed by atoms with Crippen LogP contribution in [-0.4, -0.2) is 66.0 Å². The van der Waals surface area contributed by atoms with E-state index in [1.165, 1.54) is 0 Å². The summed E-state index contributed by atoms with van der Waals surface area (Å²) in [5.41, 5.74) is -0.578. The molecular weight excluding hydrogens is 480 g/mol. The molecule has 0 spiro atoms. The minimum absolute atomic E-state index is 0.225. The smallest absolute Gasteiger partial charge is 0.475 e. The van der Waals surface area contributed by atoms with Crippen LogP contribution >= 0.6 is 18.1 Å². The maximum Gasteiger partial charge on any atom is 0.490 e. The van der Waals surface area contributed by atoms with Gasteiger partial charge in [-0.05, 0) is 48.5 Å². The van der Waals surface area contributed by atoms with Crippen LogP contribution < -0.4 is 10.4 Å². The van der Waals surface area contributed by atoms with E-state index in [4.69, 9.17) is 23.9 Å². The number of hydrogen-bond donors (Lipinski definition) is 3. The highest BCUT2D eigenvalue weighted by Crippen LogP contribution is 2.56. The van der Waals surface area contributed by atoms with Gasteiger partial charge in [0.1, 0.15) is 11.6 Å². The van der Waals surface area contributed by atoms with Crippen LogP contribution in [0.2, 0.25) is 0 Å². The zero-order valence-electron chi connectivity index (χ0n) is 19.1. The van der Waals surface area contributed by atoms with Gasteiger partial charge in [0, 0.05) is 12.3 Å². The second-order valence-electron chi connectivity index (χ2n) is 7.32. The number of carbonyl (C=O) groups is 3. The summed E-state index contributed by atoms with van der Waals surface area (Å²) in [4.78, 5) is 32.3. The van der Waals surface area contributed by atoms with Crippen molar-refractivity contribution in [2.45, 2.75) is 72.4 Å². The van der Waals surface area contributed by atoms with E-state index >= 15 is 0 Å². The van der Waals surface area contributed by atoms with Crippen LogP contribution in [0.15, 0.2) is 0 Å². The summed E-state index contributed by atoms with van der Waals surface area (Å²) in [6.45, 7) is 9.25. The first-order valence-electron chi connectivity index (χ1n) is 9.47. The molecule has 0 heterocycles. The van der Waals surface area contributed by atoms with Crippen molar-refractivity contribution in [1.82, 2.24) is 10.4 Å². The number of amides is 1. The third-order valence-corrected chi connectivity index (χ3v) is 6.86. The summed E-state index contributed by atoms with van der Waals surface area (Å²) in [6.07, 6.45) is -5.88. The van der Waals surface area contributed by atoms with Gasteiger partial charge in [0.15, 0.2) is 0 Å². The predicted molar refractivity (Wildman–Crippen MR) is 113 cm³/mol. The summed E-state index contributed by atoms with van der Waals surface area (Å²) in [5, 5.41) is 12.4. The Morgan fingerprint density at radius 3 is 2.00 bits per heavy atom. The molecule has 15 heteroatoms. The minimum Gasteiger partial charge on any atom is -0.475 e. The fourth-order valence-electron chi connectivity index (χ4n) is 1.54. The van der Waals surface area contributed by atoms with Gasteiger partial charge in [-0.2, -0.15) is 13.2 Å². The van der Waals surface area contributed by atoms with Crippen molar-refractivity contribution in [2.75, 3.05) is 18.9 Å². The average Bonchev–Trinajstić information content (AvgIpc) is 2.56. The van der Waals surface area contributed by atoms with E-state index in [1.54, 1.807) is 48.5 Å². The van der Waals surface area contributed by atoms with Gasteiger partial charge in [0.05, 0.1) is 12.7 Å². The fourth-order valence-corrected chi connectivity index (χ4v) is 5.35. The van der Waals surface area contributed by atoms with E-state index in [0.717, 1.165) is 11.4 Å². The number of carboxylic acid groups (broad SMARTS) is 1. The first kappa shape index (κ1) is 32.7. The number of hydrogen-bond acceptors (Lipinski definition) is 8. The maximum atomic E-state index is 12.8. The molecule has 0 aliphatic heterocycles. The normalized spacial score (nSPS) is 14.5. The van der Waals surface area contributed by atoms with Crippen LogP contribution in [0.5, 0.6) is 0 Å². The third-order valence-electron chi connectivity index (χ3n) is 2.63. The lowest BCUT2D eigenvalue weighted by Crippen LogP contribution is -2.35. The summed E-state index contributed by atoms with van der Waals surface area (Å²) in [7, 11) is 0. The van der Waals surface area contributed by atoms with Crippen LogP contribution in [0.1, 0.15) is 48.5 Å². The molecule has 2 atom stereocenters. The van der Waals surface area contributed by atoms with Gasteiger partial charge in [0.2, 0.25) is 0 Å². The Bertz CT molecular complexity index is 657. The van der Waals surface area contributed by atoms with Crippen LogP contribution in [0.4, 0.5) is 18.0 Å². The number of halogens is 3. The average molecular weight is 512 g/mol. The van der Waals surface area contributed by atoms with Crippen molar-refractivity contribution in [3.05, 3.63) is 0 Å². The Balaban J connectivity index is 0. The standard InChI is InChI=1S/C15H31N2O6PS.C2HF3O2/c1-8-21-24(20,17-12(4)13(18)22-11(2)3)25-10-9-16-14(19)23-15(5,6)7;3-2(4,5)1(6)7/h11-12H,8-10H2,1-7H3,(H,16,19)(H,17,20);(H,6,7)/t12-,24+;/m0./s1. The number of ether oxygens (including phenoxy) is 2. The molecular formula is C17H32F3N2O8PS. The van der Waals surface area contributed by atoms with Gasteiger partial charge in [-0.3, -0.25) is 9.36 Å². The Kier molecular flexibility index (Phi) is 14.9. The van der Waals surface area contributed by atoms with Crippen LogP contribution in [0, 0.1) is 0 Å². The second-order valence-corrected chi connectivity index (χ2v) is 11.7. The van der Waals surface area contributed by atoms with Crippen LogP contribution in [0.3, 0.4) is 0 Å². The molecule has 0 aromatic carbocycles. The molecule has 190 valence electrons. The van der Waals surface area contributed by atoms with E-state index < -0.39 is 42.6 Å². The van der Waals surface area contributed by atoms with Crippen molar-refractivity contribution >= 4 is 36.1 Å². The van der Waals surface area contributed by atoms with E-state index in [-0.39, 0.29) is 19.3 Å². The molecule has 1 amide bonds. The Hall–Kier alpha value is -1.50. The van der Waals surface area contributed by atoms with E-state index in [2.05, 4.69) is 10.4 Å². The highest BCUT2D eigenvalue weighted by atomic mass is 32.7. The molecule has 0 radical (unpaired) electrons. The molecule has 0 aromatic rings. The molecule has 0 fully saturated rings. The predicted octanol–water partition coefficient (Wildman–Crippen LogP) is 3.95. The lowest BCUT2D eigenvalue weighted by molar-refractivity contribution is -0.192. The first-order valence-corrected chi connectivity index (χ1v) is 12.7. The number of nitrogens with one attached hydrogen (secondary N) is 2. The largest absolute Gasteiger partial charge is 0.490 e. The van der Waals surface area contributed by atoms with Gasteiger partial charge < -0.3 is 24.4 Å². The molecule has 10 nitrogen and oxygen atoms in total. The summed E-state index contributed by atoms with van der Waals surface area (Å²) in [6, 6.07) is -0.772. The zero-order chi connectivity index (χ0) is 25.8. The topological polar surface area (TPSA) is 140 Å². The molecule has 0 bridgehead atoms. The second kappa shape index (κ2) is 14.6. The number of carbonyl (C=O) groups excluding carboxylic acids is 2. The van der Waals surface area contributed by atoms with Gasteiger partial charge in [-0.1, -0.05) is 11.4 Å². The highest BCUT2D eigenvalue weighted by molar-refractivity contribution is 8.56. The number of aliphatic carboxylic acids is 1. The van der Waals surface area contributed by atoms with Crippen LogP contribution in [-0.2, 0) is 28.2 Å². The minimum atomic E-state index is -5.08. The van der Waals surface area contributed by atoms with Gasteiger partial charge in [0.25, 0.3) is 0 Å². The Labute approximate surface area is 189 Å². The molecule has 0 saturated carbocycles. The maximum absolute atomic E-state index is 12.8. The third kappa shape index (κ3) is 18.1. The SMILES string of the molecule is CCO[P@](=O)(N[C@@H](C)C(=O)OC(C)C)SCCNC(=O)OC(C)(C)C.O=C(O)C(F)(F)F. The summed E-state index contributed by atoms with van der Waals surface area (Å²) < 4.78 is 60.0. The Morgan fingerprint density at radius 2 is 1.62 bits per heavy atom. The molecule has 0 rings (SSSR count). The number of alkyl halides is 3. The van der Waals surface area contributed by atoms with E-state index in [1.807, 2.05) is 0 Å². The monoisotopic (exact) mass is 512 g/mol. The van der Waals surface area contributed by atoms with Crippen molar-refractivity contribution in [2.24, 2.45) is 0 Å². The molecule has 0 aliphatic rings. The highest BCUT2D eigenvalue weighted by Gasteiger charge is 2.38. The lowest BCUT2D eigenvalue weighted by Gasteiger charge is -2.23. The lowest BCUT2D eigenvalue weighted by atomic mass is 10.2. The molecule has 3 N–H and O–H groups in total. The quantitative estimate of drug-likeness (QED) is 0.224. The number of alkyl carbamates (subject to hydrolysis) is 1. The van der Waals surface area contributed by atoms with Gasteiger partial charge in [-0.25, -0.2) is 14.7 Å². The number of esters is 1. The molecule has 32 heavy (non-hydrogen) atoms. The summed E-state index contributed by atoms with van der Waals surface area (Å²) >= 11 is 1.02. The van der Waals surface area contributed by atoms with Crippen molar-refractivity contribution in [1.29, 1.82) is 0 Å². The molecule has 0 aromatic heterocycles. The molecule has 0 aliphatic carbocycles. The number of carboxylic acids is 1. The Morgan fingerprint density at radius 1 is 1.12 bits per heavy atom. The van der Waals surface area contributed by atoms with Crippen LogP contribution in [0.25, 0.3) is 0 Å². The van der Waals surface area contributed by atoms with Gasteiger partial charge in [-0.15, -0.1) is 0 Å². The van der Waals surface area contributed by atoms with Crippen molar-refractivity contribution in [3.8, 4) is 0 Å².